The molecule has 0 amide bonds. The fourth-order valence-corrected chi connectivity index (χ4v) is 2.96. The lowest BCUT2D eigenvalue weighted by molar-refractivity contribution is 0.516. The van der Waals surface area contributed by atoms with Crippen LogP contribution >= 0.6 is 38.9 Å². The first-order chi connectivity index (χ1) is 8.70. The second-order valence-electron chi connectivity index (χ2n) is 4.06. The van der Waals surface area contributed by atoms with Crippen LogP contribution in [0.4, 0.5) is 0 Å². The highest BCUT2D eigenvalue weighted by molar-refractivity contribution is 9.10. The molecular formula is C13H14BrClN2S. The minimum Gasteiger partial charge on any atom is -0.271 e. The summed E-state index contributed by atoms with van der Waals surface area (Å²) in [4.78, 5) is 0. The average Bonchev–Trinajstić information content (AvgIpc) is 2.87. The van der Waals surface area contributed by atoms with E-state index < -0.39 is 0 Å². The monoisotopic (exact) mass is 344 g/mol. The van der Waals surface area contributed by atoms with Crippen LogP contribution in [0.2, 0.25) is 5.02 Å². The lowest BCUT2D eigenvalue weighted by Crippen LogP contribution is -2.28. The molecule has 96 valence electrons. The van der Waals surface area contributed by atoms with Crippen LogP contribution in [-0.4, -0.2) is 0 Å². The predicted octanol–water partition coefficient (Wildman–Crippen LogP) is 4.30. The van der Waals surface area contributed by atoms with Gasteiger partial charge < -0.3 is 0 Å². The zero-order chi connectivity index (χ0) is 13.0. The number of rotatable bonds is 5. The van der Waals surface area contributed by atoms with E-state index in [1.807, 2.05) is 18.2 Å². The van der Waals surface area contributed by atoms with Gasteiger partial charge >= 0.3 is 0 Å². The van der Waals surface area contributed by atoms with Gasteiger partial charge in [0.05, 0.1) is 5.02 Å². The highest BCUT2D eigenvalue weighted by Gasteiger charge is 2.11. The molecule has 0 saturated heterocycles. The van der Waals surface area contributed by atoms with Crippen LogP contribution in [0.15, 0.2) is 39.5 Å². The van der Waals surface area contributed by atoms with Crippen molar-refractivity contribution in [3.05, 3.63) is 55.6 Å². The number of nitrogens with one attached hydrogen (secondary N) is 1. The van der Waals surface area contributed by atoms with Crippen molar-refractivity contribution in [2.45, 2.75) is 18.9 Å². The van der Waals surface area contributed by atoms with Crippen molar-refractivity contribution >= 4 is 38.9 Å². The van der Waals surface area contributed by atoms with Gasteiger partial charge in [-0.05, 0) is 68.9 Å². The molecule has 1 atom stereocenters. The van der Waals surface area contributed by atoms with Gasteiger partial charge in [-0.15, -0.1) is 0 Å². The molecule has 0 radical (unpaired) electrons. The molecule has 1 aromatic heterocycles. The number of nitrogens with two attached hydrogens (primary N) is 1. The molecule has 0 saturated carbocycles. The smallest absolute Gasteiger partial charge is 0.0551 e. The van der Waals surface area contributed by atoms with E-state index in [2.05, 4.69) is 38.2 Å². The van der Waals surface area contributed by atoms with Crippen LogP contribution < -0.4 is 11.3 Å². The Labute approximate surface area is 124 Å². The van der Waals surface area contributed by atoms with Crippen molar-refractivity contribution in [1.29, 1.82) is 0 Å². The van der Waals surface area contributed by atoms with Gasteiger partial charge in [-0.1, -0.05) is 17.7 Å². The topological polar surface area (TPSA) is 38.0 Å². The Bertz CT molecular complexity index is 502. The first-order valence-corrected chi connectivity index (χ1v) is 7.74. The lowest BCUT2D eigenvalue weighted by atomic mass is 10.0. The number of aryl methyl sites for hydroxylation is 1. The normalized spacial score (nSPS) is 12.6. The summed E-state index contributed by atoms with van der Waals surface area (Å²) in [6.45, 7) is 0. The van der Waals surface area contributed by atoms with Crippen LogP contribution in [0.25, 0.3) is 0 Å². The van der Waals surface area contributed by atoms with E-state index in [1.54, 1.807) is 11.3 Å². The van der Waals surface area contributed by atoms with Crippen LogP contribution in [0.5, 0.6) is 0 Å². The summed E-state index contributed by atoms with van der Waals surface area (Å²) in [5.41, 5.74) is 5.32. The predicted molar refractivity (Wildman–Crippen MR) is 81.9 cm³/mol. The maximum atomic E-state index is 6.10. The number of hydrazine groups is 1. The number of thiophene rings is 1. The summed E-state index contributed by atoms with van der Waals surface area (Å²) in [5.74, 6) is 5.63. The second kappa shape index (κ2) is 6.68. The summed E-state index contributed by atoms with van der Waals surface area (Å²) in [6, 6.07) is 8.20. The molecule has 18 heavy (non-hydrogen) atoms. The largest absolute Gasteiger partial charge is 0.271 e. The summed E-state index contributed by atoms with van der Waals surface area (Å²) in [5, 5.41) is 4.97. The molecule has 1 aromatic carbocycles. The number of hydrogen-bond acceptors (Lipinski definition) is 3. The van der Waals surface area contributed by atoms with Crippen molar-refractivity contribution in [2.24, 2.45) is 5.84 Å². The Morgan fingerprint density at radius 2 is 2.22 bits per heavy atom. The SMILES string of the molecule is NNC(CCc1ccsc1)c1ccc(Br)c(Cl)c1. The van der Waals surface area contributed by atoms with Gasteiger partial charge in [-0.2, -0.15) is 11.3 Å². The van der Waals surface area contributed by atoms with Gasteiger partial charge in [0.2, 0.25) is 0 Å². The molecule has 2 aromatic rings. The average molecular weight is 346 g/mol. The van der Waals surface area contributed by atoms with E-state index in [4.69, 9.17) is 17.4 Å². The number of halogens is 2. The zero-order valence-electron chi connectivity index (χ0n) is 9.70. The Kier molecular flexibility index (Phi) is 5.21. The molecule has 0 aliphatic heterocycles. The van der Waals surface area contributed by atoms with Crippen molar-refractivity contribution in [3.8, 4) is 0 Å². The highest BCUT2D eigenvalue weighted by atomic mass is 79.9. The maximum absolute atomic E-state index is 6.10. The Morgan fingerprint density at radius 1 is 1.39 bits per heavy atom. The van der Waals surface area contributed by atoms with E-state index in [0.29, 0.717) is 5.02 Å². The highest BCUT2D eigenvalue weighted by Crippen LogP contribution is 2.27. The third kappa shape index (κ3) is 3.56. The Morgan fingerprint density at radius 3 is 2.83 bits per heavy atom. The third-order valence-corrected chi connectivity index (χ3v) is 4.81. The van der Waals surface area contributed by atoms with Gasteiger partial charge in [-0.3, -0.25) is 11.3 Å². The molecule has 0 bridgehead atoms. The van der Waals surface area contributed by atoms with Gasteiger partial charge in [-0.25, -0.2) is 0 Å². The molecule has 0 aliphatic rings. The second-order valence-corrected chi connectivity index (χ2v) is 6.10. The summed E-state index contributed by atoms with van der Waals surface area (Å²) < 4.78 is 0.904. The molecule has 5 heteroatoms. The van der Waals surface area contributed by atoms with Crippen molar-refractivity contribution in [1.82, 2.24) is 5.43 Å². The molecule has 3 N–H and O–H groups in total. The van der Waals surface area contributed by atoms with E-state index in [0.717, 1.165) is 22.9 Å². The number of hydrogen-bond donors (Lipinski definition) is 2. The summed E-state index contributed by atoms with van der Waals surface area (Å²) in [7, 11) is 0. The molecule has 2 rings (SSSR count). The quantitative estimate of drug-likeness (QED) is 0.626. The van der Waals surface area contributed by atoms with Crippen molar-refractivity contribution in [3.63, 3.8) is 0 Å². The van der Waals surface area contributed by atoms with Crippen molar-refractivity contribution < 1.29 is 0 Å². The minimum absolute atomic E-state index is 0.121. The summed E-state index contributed by atoms with van der Waals surface area (Å²) in [6.07, 6.45) is 1.96. The molecule has 2 nitrogen and oxygen atoms in total. The van der Waals surface area contributed by atoms with Crippen LogP contribution in [0.3, 0.4) is 0 Å². The van der Waals surface area contributed by atoms with Crippen LogP contribution in [-0.2, 0) is 6.42 Å². The fourth-order valence-electron chi connectivity index (χ4n) is 1.82. The van der Waals surface area contributed by atoms with Gasteiger partial charge in [0.15, 0.2) is 0 Å². The molecule has 0 spiro atoms. The minimum atomic E-state index is 0.121. The fraction of sp³-hybridized carbons (Fsp3) is 0.231. The van der Waals surface area contributed by atoms with Gasteiger partial charge in [0, 0.05) is 10.5 Å². The first-order valence-electron chi connectivity index (χ1n) is 5.63. The lowest BCUT2D eigenvalue weighted by Gasteiger charge is -2.16. The molecule has 0 fully saturated rings. The van der Waals surface area contributed by atoms with Gasteiger partial charge in [0.1, 0.15) is 0 Å². The van der Waals surface area contributed by atoms with Crippen LogP contribution in [0, 0.1) is 0 Å². The molecule has 0 aliphatic carbocycles. The standard InChI is InChI=1S/C13H14BrClN2S/c14-11-3-2-10(7-12(11)15)13(17-16)4-1-9-5-6-18-8-9/h2-3,5-8,13,17H,1,4,16H2. The Hall–Kier alpha value is -0.390. The number of benzene rings is 1. The maximum Gasteiger partial charge on any atom is 0.0551 e. The first kappa shape index (κ1) is 14.0. The summed E-state index contributed by atoms with van der Waals surface area (Å²) >= 11 is 11.2. The van der Waals surface area contributed by atoms with Gasteiger partial charge in [0.25, 0.3) is 0 Å². The third-order valence-electron chi connectivity index (χ3n) is 2.85. The van der Waals surface area contributed by atoms with E-state index in [9.17, 15) is 0 Å². The molecule has 1 unspecified atom stereocenters. The van der Waals surface area contributed by atoms with Crippen molar-refractivity contribution in [2.75, 3.05) is 0 Å². The van der Waals surface area contributed by atoms with E-state index in [1.165, 1.54) is 5.56 Å². The van der Waals surface area contributed by atoms with E-state index >= 15 is 0 Å². The zero-order valence-corrected chi connectivity index (χ0v) is 12.9. The molecule has 1 heterocycles. The Balaban J connectivity index is 2.05. The molecular weight excluding hydrogens is 332 g/mol. The van der Waals surface area contributed by atoms with Crippen LogP contribution in [0.1, 0.15) is 23.6 Å². The van der Waals surface area contributed by atoms with E-state index in [-0.39, 0.29) is 6.04 Å².